The highest BCUT2D eigenvalue weighted by Crippen LogP contribution is 2.32. The summed E-state index contributed by atoms with van der Waals surface area (Å²) in [6, 6.07) is 21.0. The Morgan fingerprint density at radius 2 is 1.76 bits per heavy atom. The minimum absolute atomic E-state index is 0.0512. The highest BCUT2D eigenvalue weighted by atomic mass is 79.9. The molecule has 4 amide bonds. The summed E-state index contributed by atoms with van der Waals surface area (Å²) in [5, 5.41) is 6.39. The first-order valence-electron chi connectivity index (χ1n) is 12.3. The number of rotatable bonds is 7. The molecule has 1 unspecified atom stereocenters. The second kappa shape index (κ2) is 9.19. The molecule has 2 aliphatic rings. The Labute approximate surface area is 222 Å². The number of amides is 4. The first kappa shape index (κ1) is 23.5. The summed E-state index contributed by atoms with van der Waals surface area (Å²) in [6.45, 7) is 0.446. The zero-order chi connectivity index (χ0) is 25.6. The molecule has 4 aromatic rings. The van der Waals surface area contributed by atoms with Gasteiger partial charge in [-0.15, -0.1) is 0 Å². The number of imide groups is 1. The summed E-state index contributed by atoms with van der Waals surface area (Å²) < 4.78 is 0.859. The lowest BCUT2D eigenvalue weighted by molar-refractivity contribution is -0.124. The van der Waals surface area contributed by atoms with Gasteiger partial charge in [0.15, 0.2) is 5.54 Å². The van der Waals surface area contributed by atoms with E-state index in [-0.39, 0.29) is 12.5 Å². The van der Waals surface area contributed by atoms with Crippen molar-refractivity contribution in [1.29, 1.82) is 0 Å². The summed E-state index contributed by atoms with van der Waals surface area (Å²) in [6.07, 6.45) is 4.96. The Bertz CT molecular complexity index is 1540. The van der Waals surface area contributed by atoms with Crippen LogP contribution in [0.3, 0.4) is 0 Å². The van der Waals surface area contributed by atoms with Crippen molar-refractivity contribution in [1.82, 2.24) is 20.5 Å². The van der Waals surface area contributed by atoms with Gasteiger partial charge in [-0.2, -0.15) is 0 Å². The molecule has 1 saturated heterocycles. The van der Waals surface area contributed by atoms with Crippen LogP contribution in [-0.2, 0) is 29.7 Å². The fourth-order valence-corrected chi connectivity index (χ4v) is 5.72. The Hall–Kier alpha value is -3.91. The quantitative estimate of drug-likeness (QED) is 0.285. The number of fused-ring (bicyclic) bond motifs is 2. The van der Waals surface area contributed by atoms with Crippen molar-refractivity contribution in [2.75, 3.05) is 6.54 Å². The molecule has 0 bridgehead atoms. The number of hydrogen-bond acceptors (Lipinski definition) is 3. The van der Waals surface area contributed by atoms with E-state index >= 15 is 0 Å². The third-order valence-electron chi connectivity index (χ3n) is 7.34. The molecule has 7 nitrogen and oxygen atoms in total. The number of H-pyrrole nitrogens is 1. The summed E-state index contributed by atoms with van der Waals surface area (Å²) >= 11 is 3.41. The fourth-order valence-electron chi connectivity index (χ4n) is 5.46. The molecule has 1 fully saturated rings. The van der Waals surface area contributed by atoms with Crippen LogP contribution in [0.25, 0.3) is 10.9 Å². The fraction of sp³-hybridized carbons (Fsp3) is 0.207. The Morgan fingerprint density at radius 1 is 0.946 bits per heavy atom. The number of halogens is 1. The number of aromatic nitrogens is 1. The molecule has 1 aromatic heterocycles. The molecular weight excluding hydrogens is 532 g/mol. The van der Waals surface area contributed by atoms with Crippen LogP contribution in [0, 0.1) is 0 Å². The number of nitrogens with one attached hydrogen (secondary N) is 3. The summed E-state index contributed by atoms with van der Waals surface area (Å²) in [7, 11) is 0. The number of nitrogens with zero attached hydrogens (tertiary/aromatic N) is 1. The number of para-hydroxylation sites is 1. The zero-order valence-electron chi connectivity index (χ0n) is 20.0. The second-order valence-electron chi connectivity index (χ2n) is 9.69. The van der Waals surface area contributed by atoms with Crippen LogP contribution >= 0.6 is 15.9 Å². The molecule has 2 aliphatic heterocycles. The average Bonchev–Trinajstić information content (AvgIpc) is 3.53. The third kappa shape index (κ3) is 4.21. The van der Waals surface area contributed by atoms with Gasteiger partial charge in [0.05, 0.1) is 6.54 Å². The lowest BCUT2D eigenvalue weighted by Gasteiger charge is -2.31. The molecule has 3 heterocycles. The molecule has 1 atom stereocenters. The van der Waals surface area contributed by atoms with Crippen LogP contribution < -0.4 is 10.6 Å². The van der Waals surface area contributed by atoms with E-state index in [1.807, 2.05) is 30.3 Å². The van der Waals surface area contributed by atoms with Gasteiger partial charge in [-0.3, -0.25) is 14.9 Å². The van der Waals surface area contributed by atoms with Crippen LogP contribution in [0.5, 0.6) is 0 Å². The molecule has 186 valence electrons. The van der Waals surface area contributed by atoms with Gasteiger partial charge >= 0.3 is 6.03 Å². The SMILES string of the molecule is O=C1NC(=O)C(CN2Cc3cc(CCCc4c[nH]c5ccccc45)ccc3C2=O)(c2ccc(Br)cc2)N1. The minimum atomic E-state index is -1.34. The summed E-state index contributed by atoms with van der Waals surface area (Å²) in [5.41, 5.74) is 4.54. The number of aromatic amines is 1. The highest BCUT2D eigenvalue weighted by Gasteiger charge is 2.50. The van der Waals surface area contributed by atoms with Gasteiger partial charge in [0.25, 0.3) is 11.8 Å². The van der Waals surface area contributed by atoms with Crippen molar-refractivity contribution in [3.63, 3.8) is 0 Å². The topological polar surface area (TPSA) is 94.3 Å². The molecule has 0 radical (unpaired) electrons. The van der Waals surface area contributed by atoms with Crippen molar-refractivity contribution < 1.29 is 14.4 Å². The van der Waals surface area contributed by atoms with E-state index in [1.54, 1.807) is 17.0 Å². The van der Waals surface area contributed by atoms with E-state index in [0.29, 0.717) is 17.7 Å². The smallest absolute Gasteiger partial charge is 0.322 e. The van der Waals surface area contributed by atoms with E-state index in [4.69, 9.17) is 0 Å². The molecule has 0 aliphatic carbocycles. The lowest BCUT2D eigenvalue weighted by atomic mass is 9.89. The maximum atomic E-state index is 13.3. The Balaban J connectivity index is 1.17. The first-order chi connectivity index (χ1) is 17.9. The Kier molecular flexibility index (Phi) is 5.83. The molecule has 8 heteroatoms. The van der Waals surface area contributed by atoms with Gasteiger partial charge in [-0.1, -0.05) is 58.4 Å². The number of carbonyl (C=O) groups excluding carboxylic acids is 3. The Morgan fingerprint density at radius 3 is 2.54 bits per heavy atom. The lowest BCUT2D eigenvalue weighted by Crippen LogP contribution is -2.52. The number of aryl methyl sites for hydroxylation is 2. The first-order valence-corrected chi connectivity index (χ1v) is 13.1. The molecule has 3 aromatic carbocycles. The summed E-state index contributed by atoms with van der Waals surface area (Å²) in [4.78, 5) is 43.3. The standard InChI is InChI=1S/C29H25BrN4O3/c30-22-11-9-21(10-12-22)29(27(36)32-28(37)33-29)17-34-16-20-14-18(8-13-24(20)26(34)35)4-3-5-19-15-31-25-7-2-1-6-23(19)25/h1-2,6-15,31H,3-5,16-17H2,(H2,32,33,36,37). The number of carbonyl (C=O) groups is 3. The number of benzene rings is 3. The van der Waals surface area contributed by atoms with Crippen molar-refractivity contribution >= 4 is 44.7 Å². The van der Waals surface area contributed by atoms with Crippen molar-refractivity contribution in [2.24, 2.45) is 0 Å². The van der Waals surface area contributed by atoms with E-state index in [0.717, 1.165) is 34.8 Å². The van der Waals surface area contributed by atoms with E-state index in [1.165, 1.54) is 16.5 Å². The molecule has 37 heavy (non-hydrogen) atoms. The van der Waals surface area contributed by atoms with Crippen molar-refractivity contribution in [3.8, 4) is 0 Å². The molecular formula is C29H25BrN4O3. The minimum Gasteiger partial charge on any atom is -0.361 e. The van der Waals surface area contributed by atoms with Gasteiger partial charge in [0, 0.05) is 33.7 Å². The maximum Gasteiger partial charge on any atom is 0.322 e. The van der Waals surface area contributed by atoms with Gasteiger partial charge in [0.1, 0.15) is 0 Å². The van der Waals surface area contributed by atoms with Crippen LogP contribution in [0.1, 0.15) is 39.0 Å². The van der Waals surface area contributed by atoms with Gasteiger partial charge in [0.2, 0.25) is 0 Å². The molecule has 0 saturated carbocycles. The van der Waals surface area contributed by atoms with E-state index in [9.17, 15) is 14.4 Å². The predicted molar refractivity (Wildman–Crippen MR) is 144 cm³/mol. The predicted octanol–water partition coefficient (Wildman–Crippen LogP) is 4.80. The molecule has 6 rings (SSSR count). The van der Waals surface area contributed by atoms with Gasteiger partial charge < -0.3 is 15.2 Å². The number of urea groups is 1. The van der Waals surface area contributed by atoms with Crippen LogP contribution in [-0.4, -0.2) is 34.3 Å². The largest absolute Gasteiger partial charge is 0.361 e. The molecule has 3 N–H and O–H groups in total. The van der Waals surface area contributed by atoms with Crippen LogP contribution in [0.4, 0.5) is 4.79 Å². The van der Waals surface area contributed by atoms with Gasteiger partial charge in [-0.25, -0.2) is 4.79 Å². The van der Waals surface area contributed by atoms with Crippen LogP contribution in [0.15, 0.2) is 77.4 Å². The van der Waals surface area contributed by atoms with E-state index in [2.05, 4.69) is 62.0 Å². The van der Waals surface area contributed by atoms with Crippen molar-refractivity contribution in [3.05, 3.63) is 105 Å². The third-order valence-corrected chi connectivity index (χ3v) is 7.87. The van der Waals surface area contributed by atoms with Crippen molar-refractivity contribution in [2.45, 2.75) is 31.3 Å². The molecule has 0 spiro atoms. The zero-order valence-corrected chi connectivity index (χ0v) is 21.6. The monoisotopic (exact) mass is 556 g/mol. The van der Waals surface area contributed by atoms with Crippen LogP contribution in [0.2, 0.25) is 0 Å². The highest BCUT2D eigenvalue weighted by molar-refractivity contribution is 9.10. The van der Waals surface area contributed by atoms with Gasteiger partial charge in [-0.05, 0) is 65.8 Å². The summed E-state index contributed by atoms with van der Waals surface area (Å²) in [5.74, 6) is -0.590. The second-order valence-corrected chi connectivity index (χ2v) is 10.6. The normalized spacial score (nSPS) is 18.8. The maximum absolute atomic E-state index is 13.3. The number of hydrogen-bond donors (Lipinski definition) is 3. The average molecular weight is 557 g/mol. The van der Waals surface area contributed by atoms with E-state index < -0.39 is 17.5 Å².